The lowest BCUT2D eigenvalue weighted by molar-refractivity contribution is 0.321. The summed E-state index contributed by atoms with van der Waals surface area (Å²) in [7, 11) is 0. The molecule has 0 atom stereocenters. The highest BCUT2D eigenvalue weighted by Crippen LogP contribution is 1.86. The van der Waals surface area contributed by atoms with E-state index in [1.807, 2.05) is 11.0 Å². The second-order valence-electron chi connectivity index (χ2n) is 1.50. The molecule has 0 bridgehead atoms. The topological polar surface area (TPSA) is 45.5 Å². The van der Waals surface area contributed by atoms with E-state index >= 15 is 0 Å². The molecule has 1 aromatic rings. The zero-order valence-corrected chi connectivity index (χ0v) is 8.26. The molecule has 0 aliphatic rings. The summed E-state index contributed by atoms with van der Waals surface area (Å²) in [6.07, 6.45) is 2.91. The Balaban J connectivity index is 0.000000461. The molecule has 0 saturated carbocycles. The molecule has 4 heteroatoms. The number of halogens is 1. The Bertz CT molecular complexity index is 201. The Labute approximate surface area is 79.3 Å². The van der Waals surface area contributed by atoms with Crippen LogP contribution < -0.4 is 0 Å². The summed E-state index contributed by atoms with van der Waals surface area (Å²) < 4.78 is 0. The molecular weight excluding hydrogens is 255 g/mol. The summed E-state index contributed by atoms with van der Waals surface area (Å²) in [5.41, 5.74) is 0.653. The van der Waals surface area contributed by atoms with Crippen LogP contribution >= 0.6 is 22.6 Å². The van der Waals surface area contributed by atoms with Gasteiger partial charge in [-0.15, -0.1) is 0 Å². The lowest BCUT2D eigenvalue weighted by atomic mass is 10.4. The van der Waals surface area contributed by atoms with E-state index in [2.05, 4.69) is 32.7 Å². The Morgan fingerprint density at radius 3 is 2.73 bits per heavy atom. The van der Waals surface area contributed by atoms with E-state index in [1.165, 1.54) is 6.21 Å². The average Bonchev–Trinajstić information content (AvgIpc) is 2.11. The van der Waals surface area contributed by atoms with E-state index in [0.29, 0.717) is 5.69 Å². The fourth-order valence-corrected chi connectivity index (χ4v) is 0.511. The summed E-state index contributed by atoms with van der Waals surface area (Å²) in [4.78, 5) is 5.83. The fraction of sp³-hybridized carbons (Fsp3) is 0.143. The van der Waals surface area contributed by atoms with Crippen molar-refractivity contribution in [3.63, 3.8) is 0 Å². The third-order valence-electron chi connectivity index (χ3n) is 0.878. The van der Waals surface area contributed by atoms with Crippen LogP contribution in [0.3, 0.4) is 0 Å². The maximum absolute atomic E-state index is 8.05. The predicted molar refractivity (Wildman–Crippen MR) is 53.6 cm³/mol. The zero-order chi connectivity index (χ0) is 8.53. The molecular formula is C7H9IN2O. The van der Waals surface area contributed by atoms with E-state index in [0.717, 1.165) is 0 Å². The summed E-state index contributed by atoms with van der Waals surface area (Å²) in [6, 6.07) is 5.37. The molecule has 60 valence electrons. The lowest BCUT2D eigenvalue weighted by Gasteiger charge is -1.84. The number of hydrogen-bond acceptors (Lipinski definition) is 3. The van der Waals surface area contributed by atoms with Crippen molar-refractivity contribution < 1.29 is 5.21 Å². The van der Waals surface area contributed by atoms with Crippen LogP contribution in [0.15, 0.2) is 29.6 Å². The van der Waals surface area contributed by atoms with Gasteiger partial charge >= 0.3 is 0 Å². The van der Waals surface area contributed by atoms with Gasteiger partial charge in [0.2, 0.25) is 0 Å². The normalized spacial score (nSPS) is 8.91. The van der Waals surface area contributed by atoms with Gasteiger partial charge in [-0.25, -0.2) is 0 Å². The molecule has 11 heavy (non-hydrogen) atoms. The number of oxime groups is 1. The van der Waals surface area contributed by atoms with Crippen molar-refractivity contribution in [2.75, 3.05) is 4.93 Å². The first-order valence-electron chi connectivity index (χ1n) is 2.90. The molecule has 0 saturated heterocycles. The Kier molecular flexibility index (Phi) is 7.02. The van der Waals surface area contributed by atoms with Crippen molar-refractivity contribution in [3.05, 3.63) is 30.1 Å². The number of nitrogens with zero attached hydrogens (tertiary/aromatic N) is 2. The Morgan fingerprint density at radius 1 is 1.55 bits per heavy atom. The first kappa shape index (κ1) is 10.3. The van der Waals surface area contributed by atoms with Gasteiger partial charge in [0, 0.05) is 6.20 Å². The van der Waals surface area contributed by atoms with Crippen LogP contribution in [0.1, 0.15) is 5.69 Å². The van der Waals surface area contributed by atoms with Gasteiger partial charge in [0.15, 0.2) is 0 Å². The molecule has 1 heterocycles. The van der Waals surface area contributed by atoms with Crippen LogP contribution in [0.4, 0.5) is 0 Å². The highest BCUT2D eigenvalue weighted by molar-refractivity contribution is 14.1. The molecule has 0 amide bonds. The summed E-state index contributed by atoms with van der Waals surface area (Å²) in [5.74, 6) is 0. The monoisotopic (exact) mass is 264 g/mol. The standard InChI is InChI=1S/C6H6N2O.CH3I/c9-8-5-6-3-1-2-4-7-6;1-2/h1-5,9H;1H3/b8-5-;. The van der Waals surface area contributed by atoms with E-state index in [9.17, 15) is 0 Å². The highest BCUT2D eigenvalue weighted by atomic mass is 127. The van der Waals surface area contributed by atoms with Crippen molar-refractivity contribution in [3.8, 4) is 0 Å². The molecule has 0 aliphatic heterocycles. The van der Waals surface area contributed by atoms with Crippen LogP contribution in [-0.2, 0) is 0 Å². The number of aromatic nitrogens is 1. The summed E-state index contributed by atoms with van der Waals surface area (Å²) >= 11 is 2.15. The van der Waals surface area contributed by atoms with Gasteiger partial charge < -0.3 is 5.21 Å². The molecule has 0 radical (unpaired) electrons. The molecule has 0 fully saturated rings. The van der Waals surface area contributed by atoms with Crippen molar-refractivity contribution >= 4 is 28.8 Å². The van der Waals surface area contributed by atoms with E-state index in [-0.39, 0.29) is 0 Å². The van der Waals surface area contributed by atoms with Crippen molar-refractivity contribution in [1.29, 1.82) is 0 Å². The number of rotatable bonds is 1. The van der Waals surface area contributed by atoms with Gasteiger partial charge in [-0.05, 0) is 17.1 Å². The zero-order valence-electron chi connectivity index (χ0n) is 6.11. The Morgan fingerprint density at radius 2 is 2.27 bits per heavy atom. The van der Waals surface area contributed by atoms with Crippen LogP contribution in [0, 0.1) is 0 Å². The molecule has 1 aromatic heterocycles. The lowest BCUT2D eigenvalue weighted by Crippen LogP contribution is -1.83. The largest absolute Gasteiger partial charge is 0.411 e. The highest BCUT2D eigenvalue weighted by Gasteiger charge is 1.81. The summed E-state index contributed by atoms with van der Waals surface area (Å²) in [5, 5.41) is 10.9. The van der Waals surface area contributed by atoms with Crippen LogP contribution in [-0.4, -0.2) is 21.3 Å². The molecule has 0 aromatic carbocycles. The molecule has 1 rings (SSSR count). The quantitative estimate of drug-likeness (QED) is 0.277. The number of pyridine rings is 1. The maximum atomic E-state index is 8.05. The van der Waals surface area contributed by atoms with E-state index < -0.39 is 0 Å². The van der Waals surface area contributed by atoms with Gasteiger partial charge in [-0.2, -0.15) is 0 Å². The van der Waals surface area contributed by atoms with E-state index in [4.69, 9.17) is 5.21 Å². The van der Waals surface area contributed by atoms with Gasteiger partial charge in [-0.3, -0.25) is 4.98 Å². The SMILES string of the molecule is CI.O/N=C\c1ccccn1. The molecule has 0 aliphatic carbocycles. The van der Waals surface area contributed by atoms with Gasteiger partial charge in [0.05, 0.1) is 11.9 Å². The van der Waals surface area contributed by atoms with Crippen molar-refractivity contribution in [2.45, 2.75) is 0 Å². The third-order valence-corrected chi connectivity index (χ3v) is 0.878. The van der Waals surface area contributed by atoms with Crippen LogP contribution in [0.25, 0.3) is 0 Å². The number of alkyl halides is 1. The Hall–Kier alpha value is -0.650. The smallest absolute Gasteiger partial charge is 0.0918 e. The van der Waals surface area contributed by atoms with Crippen LogP contribution in [0.2, 0.25) is 0 Å². The average molecular weight is 264 g/mol. The summed E-state index contributed by atoms with van der Waals surface area (Å²) in [6.45, 7) is 0. The molecule has 0 unspecified atom stereocenters. The minimum Gasteiger partial charge on any atom is -0.411 e. The second kappa shape index (κ2) is 7.46. The van der Waals surface area contributed by atoms with Crippen molar-refractivity contribution in [1.82, 2.24) is 4.98 Å². The minimum atomic E-state index is 0.653. The third kappa shape index (κ3) is 4.72. The maximum Gasteiger partial charge on any atom is 0.0918 e. The van der Waals surface area contributed by atoms with Crippen LogP contribution in [0.5, 0.6) is 0 Å². The second-order valence-corrected chi connectivity index (χ2v) is 1.50. The fourth-order valence-electron chi connectivity index (χ4n) is 0.511. The molecule has 1 N–H and O–H groups in total. The van der Waals surface area contributed by atoms with Gasteiger partial charge in [0.25, 0.3) is 0 Å². The van der Waals surface area contributed by atoms with E-state index in [1.54, 1.807) is 18.3 Å². The minimum absolute atomic E-state index is 0.653. The molecule has 0 spiro atoms. The van der Waals surface area contributed by atoms with Crippen molar-refractivity contribution in [2.24, 2.45) is 5.16 Å². The first-order chi connectivity index (χ1) is 5.43. The predicted octanol–water partition coefficient (Wildman–Crippen LogP) is 1.94. The van der Waals surface area contributed by atoms with Gasteiger partial charge in [0.1, 0.15) is 0 Å². The molecule has 3 nitrogen and oxygen atoms in total. The first-order valence-corrected chi connectivity index (χ1v) is 5.05. The number of hydrogen-bond donors (Lipinski definition) is 1. The van der Waals surface area contributed by atoms with Gasteiger partial charge in [-0.1, -0.05) is 33.8 Å².